The monoisotopic (exact) mass is 366 g/mol. The Balaban J connectivity index is 2.82. The molecular weight excluding hydrogens is 339 g/mol. The standard InChI is InChI=1S/C19H27FN2O4/c1-12(2)16(21-17(24)13-9-7-8-10-14(13)20)18(25)22(6)11-15(23)26-19(3,4)5/h7-10,12,16H,11H2,1-6H3,(H,21,24). The first-order valence-corrected chi connectivity index (χ1v) is 8.44. The molecule has 1 rings (SSSR count). The van der Waals surface area contributed by atoms with E-state index in [2.05, 4.69) is 5.32 Å². The van der Waals surface area contributed by atoms with Crippen molar-refractivity contribution in [2.75, 3.05) is 13.6 Å². The molecule has 1 N–H and O–H groups in total. The maximum absolute atomic E-state index is 13.8. The molecule has 0 aliphatic rings. The van der Waals surface area contributed by atoms with Crippen LogP contribution in [0.1, 0.15) is 45.0 Å². The summed E-state index contributed by atoms with van der Waals surface area (Å²) in [6.07, 6.45) is 0. The van der Waals surface area contributed by atoms with Crippen molar-refractivity contribution in [3.63, 3.8) is 0 Å². The van der Waals surface area contributed by atoms with Crippen molar-refractivity contribution >= 4 is 17.8 Å². The molecule has 0 aromatic heterocycles. The SMILES string of the molecule is CC(C)C(NC(=O)c1ccccc1F)C(=O)N(C)CC(=O)OC(C)(C)C. The molecule has 0 aliphatic carbocycles. The zero-order valence-electron chi connectivity index (χ0n) is 16.1. The Morgan fingerprint density at radius 1 is 1.19 bits per heavy atom. The van der Waals surface area contributed by atoms with Crippen LogP contribution in [-0.4, -0.2) is 47.9 Å². The third kappa shape index (κ3) is 6.46. The molecule has 0 fully saturated rings. The number of esters is 1. The Hall–Kier alpha value is -2.44. The maximum atomic E-state index is 13.8. The second-order valence-electron chi connectivity index (χ2n) is 7.46. The van der Waals surface area contributed by atoms with Crippen molar-refractivity contribution < 1.29 is 23.5 Å². The van der Waals surface area contributed by atoms with Crippen LogP contribution in [-0.2, 0) is 14.3 Å². The lowest BCUT2D eigenvalue weighted by Crippen LogP contribution is -2.51. The first kappa shape index (κ1) is 21.6. The minimum absolute atomic E-state index is 0.138. The van der Waals surface area contributed by atoms with E-state index in [0.29, 0.717) is 0 Å². The fraction of sp³-hybridized carbons (Fsp3) is 0.526. The molecule has 0 aliphatic heterocycles. The number of likely N-dealkylation sites (N-methyl/N-ethyl adjacent to an activating group) is 1. The average Bonchev–Trinajstić information content (AvgIpc) is 2.49. The second kappa shape index (κ2) is 8.78. The van der Waals surface area contributed by atoms with E-state index in [1.165, 1.54) is 30.1 Å². The van der Waals surface area contributed by atoms with Crippen LogP contribution < -0.4 is 5.32 Å². The second-order valence-corrected chi connectivity index (χ2v) is 7.46. The van der Waals surface area contributed by atoms with Gasteiger partial charge in [0.1, 0.15) is 24.0 Å². The topological polar surface area (TPSA) is 75.7 Å². The van der Waals surface area contributed by atoms with Crippen LogP contribution in [0, 0.1) is 11.7 Å². The number of hydrogen-bond donors (Lipinski definition) is 1. The van der Waals surface area contributed by atoms with Crippen LogP contribution >= 0.6 is 0 Å². The summed E-state index contributed by atoms with van der Waals surface area (Å²) >= 11 is 0. The third-order valence-corrected chi connectivity index (χ3v) is 3.50. The van der Waals surface area contributed by atoms with Crippen molar-refractivity contribution in [2.24, 2.45) is 5.92 Å². The van der Waals surface area contributed by atoms with Gasteiger partial charge in [0.25, 0.3) is 5.91 Å². The normalized spacial score (nSPS) is 12.5. The van der Waals surface area contributed by atoms with Crippen LogP contribution in [0.15, 0.2) is 24.3 Å². The lowest BCUT2D eigenvalue weighted by Gasteiger charge is -2.28. The smallest absolute Gasteiger partial charge is 0.326 e. The highest BCUT2D eigenvalue weighted by atomic mass is 19.1. The zero-order valence-corrected chi connectivity index (χ0v) is 16.1. The van der Waals surface area contributed by atoms with Gasteiger partial charge in [-0.25, -0.2) is 4.39 Å². The number of halogens is 1. The van der Waals surface area contributed by atoms with Crippen molar-refractivity contribution in [2.45, 2.75) is 46.3 Å². The minimum atomic E-state index is -0.894. The molecule has 1 aromatic rings. The molecule has 1 atom stereocenters. The van der Waals surface area contributed by atoms with E-state index < -0.39 is 35.2 Å². The molecule has 0 radical (unpaired) electrons. The molecule has 0 saturated heterocycles. The van der Waals surface area contributed by atoms with Gasteiger partial charge >= 0.3 is 5.97 Å². The molecule has 2 amide bonds. The fourth-order valence-electron chi connectivity index (χ4n) is 2.26. The molecular formula is C19H27FN2O4. The summed E-state index contributed by atoms with van der Waals surface area (Å²) in [5.41, 5.74) is -0.793. The number of carbonyl (C=O) groups excluding carboxylic acids is 3. The van der Waals surface area contributed by atoms with Gasteiger partial charge in [0.2, 0.25) is 5.91 Å². The predicted octanol–water partition coefficient (Wildman–Crippen LogP) is 2.38. The van der Waals surface area contributed by atoms with Gasteiger partial charge in [-0.3, -0.25) is 14.4 Å². The quantitative estimate of drug-likeness (QED) is 0.785. The Morgan fingerprint density at radius 2 is 1.77 bits per heavy atom. The van der Waals surface area contributed by atoms with E-state index in [1.807, 2.05) is 0 Å². The van der Waals surface area contributed by atoms with Crippen molar-refractivity contribution in [1.82, 2.24) is 10.2 Å². The minimum Gasteiger partial charge on any atom is -0.459 e. The van der Waals surface area contributed by atoms with Gasteiger partial charge in [-0.15, -0.1) is 0 Å². The number of rotatable bonds is 6. The maximum Gasteiger partial charge on any atom is 0.326 e. The molecule has 7 heteroatoms. The van der Waals surface area contributed by atoms with Gasteiger partial charge < -0.3 is 15.0 Å². The van der Waals surface area contributed by atoms with Gasteiger partial charge in [0, 0.05) is 7.05 Å². The summed E-state index contributed by atoms with van der Waals surface area (Å²) in [5.74, 6) is -2.59. The lowest BCUT2D eigenvalue weighted by molar-refractivity contribution is -0.158. The number of amides is 2. The third-order valence-electron chi connectivity index (χ3n) is 3.50. The zero-order chi connectivity index (χ0) is 20.1. The van der Waals surface area contributed by atoms with Gasteiger partial charge in [-0.2, -0.15) is 0 Å². The van der Waals surface area contributed by atoms with Crippen molar-refractivity contribution in [3.05, 3.63) is 35.6 Å². The Kier molecular flexibility index (Phi) is 7.29. The Labute approximate surface area is 153 Å². The van der Waals surface area contributed by atoms with Gasteiger partial charge in [-0.1, -0.05) is 26.0 Å². The number of nitrogens with zero attached hydrogens (tertiary/aromatic N) is 1. The molecule has 6 nitrogen and oxygen atoms in total. The van der Waals surface area contributed by atoms with Gasteiger partial charge in [-0.05, 0) is 38.8 Å². The molecule has 1 aromatic carbocycles. The number of nitrogens with one attached hydrogen (secondary N) is 1. The summed E-state index contributed by atoms with van der Waals surface area (Å²) in [6, 6.07) is 4.65. The van der Waals surface area contributed by atoms with Crippen molar-refractivity contribution in [1.29, 1.82) is 0 Å². The van der Waals surface area contributed by atoms with E-state index in [4.69, 9.17) is 4.74 Å². The molecule has 0 bridgehead atoms. The molecule has 0 saturated carbocycles. The number of hydrogen-bond acceptors (Lipinski definition) is 4. The van der Waals surface area contributed by atoms with Gasteiger partial charge in [0.15, 0.2) is 0 Å². The average molecular weight is 366 g/mol. The fourth-order valence-corrected chi connectivity index (χ4v) is 2.26. The van der Waals surface area contributed by atoms with E-state index in [-0.39, 0.29) is 18.0 Å². The first-order valence-electron chi connectivity index (χ1n) is 8.44. The van der Waals surface area contributed by atoms with Crippen LogP contribution in [0.25, 0.3) is 0 Å². The van der Waals surface area contributed by atoms with Crippen LogP contribution in [0.2, 0.25) is 0 Å². The largest absolute Gasteiger partial charge is 0.459 e. The van der Waals surface area contributed by atoms with Crippen LogP contribution in [0.5, 0.6) is 0 Å². The molecule has 26 heavy (non-hydrogen) atoms. The lowest BCUT2D eigenvalue weighted by atomic mass is 10.0. The predicted molar refractivity (Wildman–Crippen MR) is 96.0 cm³/mol. The highest BCUT2D eigenvalue weighted by Crippen LogP contribution is 2.11. The molecule has 0 spiro atoms. The molecule has 1 unspecified atom stereocenters. The molecule has 144 valence electrons. The Morgan fingerprint density at radius 3 is 2.27 bits per heavy atom. The summed E-state index contributed by atoms with van der Waals surface area (Å²) in [5, 5.41) is 2.55. The van der Waals surface area contributed by atoms with E-state index in [1.54, 1.807) is 40.7 Å². The first-order chi connectivity index (χ1) is 11.9. The summed E-state index contributed by atoms with van der Waals surface area (Å²) < 4.78 is 19.0. The highest BCUT2D eigenvalue weighted by Gasteiger charge is 2.29. The van der Waals surface area contributed by atoms with E-state index in [0.717, 1.165) is 0 Å². The van der Waals surface area contributed by atoms with E-state index in [9.17, 15) is 18.8 Å². The van der Waals surface area contributed by atoms with Crippen LogP contribution in [0.4, 0.5) is 4.39 Å². The van der Waals surface area contributed by atoms with Crippen LogP contribution in [0.3, 0.4) is 0 Å². The van der Waals surface area contributed by atoms with E-state index >= 15 is 0 Å². The molecule has 0 heterocycles. The number of benzene rings is 1. The summed E-state index contributed by atoms with van der Waals surface area (Å²) in [6.45, 7) is 8.47. The number of ether oxygens (including phenoxy) is 1. The number of carbonyl (C=O) groups is 3. The van der Waals surface area contributed by atoms with Gasteiger partial charge in [0.05, 0.1) is 5.56 Å². The van der Waals surface area contributed by atoms with Crippen molar-refractivity contribution in [3.8, 4) is 0 Å². The Bertz CT molecular complexity index is 668. The summed E-state index contributed by atoms with van der Waals surface area (Å²) in [4.78, 5) is 38.0. The summed E-state index contributed by atoms with van der Waals surface area (Å²) in [7, 11) is 1.46. The highest BCUT2D eigenvalue weighted by molar-refractivity contribution is 5.98.